The van der Waals surface area contributed by atoms with E-state index < -0.39 is 4.92 Å². The van der Waals surface area contributed by atoms with Crippen molar-refractivity contribution in [3.63, 3.8) is 0 Å². The van der Waals surface area contributed by atoms with Gasteiger partial charge in [0.1, 0.15) is 12.4 Å². The topological polar surface area (TPSA) is 78.4 Å². The number of halogens is 1. The van der Waals surface area contributed by atoms with Crippen LogP contribution in [0.3, 0.4) is 0 Å². The summed E-state index contributed by atoms with van der Waals surface area (Å²) < 4.78 is 5.48. The molecule has 0 atom stereocenters. The Labute approximate surface area is 114 Å². The van der Waals surface area contributed by atoms with Crippen LogP contribution in [0.1, 0.15) is 5.56 Å². The fourth-order valence-corrected chi connectivity index (χ4v) is 1.76. The summed E-state index contributed by atoms with van der Waals surface area (Å²) in [4.78, 5) is 10.4. The van der Waals surface area contributed by atoms with Crippen molar-refractivity contribution in [1.82, 2.24) is 0 Å². The predicted octanol–water partition coefficient (Wildman–Crippen LogP) is 3.41. The minimum Gasteiger partial charge on any atom is -0.489 e. The van der Waals surface area contributed by atoms with E-state index in [1.165, 1.54) is 6.07 Å². The van der Waals surface area contributed by atoms with E-state index in [0.717, 1.165) is 0 Å². The monoisotopic (exact) mass is 278 g/mol. The third kappa shape index (κ3) is 3.35. The summed E-state index contributed by atoms with van der Waals surface area (Å²) in [5, 5.41) is 11.2. The van der Waals surface area contributed by atoms with Crippen molar-refractivity contribution >= 4 is 23.0 Å². The van der Waals surface area contributed by atoms with E-state index >= 15 is 0 Å². The summed E-state index contributed by atoms with van der Waals surface area (Å²) in [6.07, 6.45) is 0. The van der Waals surface area contributed by atoms with Crippen LogP contribution in [0.4, 0.5) is 11.4 Å². The predicted molar refractivity (Wildman–Crippen MR) is 73.3 cm³/mol. The number of nitrogens with two attached hydrogens (primary N) is 1. The Balaban J connectivity index is 2.17. The number of hydrogen-bond acceptors (Lipinski definition) is 4. The molecule has 2 aromatic carbocycles. The molecule has 0 radical (unpaired) electrons. The molecule has 2 aromatic rings. The Hall–Kier alpha value is -2.27. The zero-order valence-electron chi connectivity index (χ0n) is 9.88. The number of nitrogen functional groups attached to an aromatic ring is 1. The second kappa shape index (κ2) is 5.58. The molecular formula is C13H11ClN2O3. The van der Waals surface area contributed by atoms with Gasteiger partial charge in [0.2, 0.25) is 0 Å². The lowest BCUT2D eigenvalue weighted by molar-refractivity contribution is -0.385. The van der Waals surface area contributed by atoms with Crippen molar-refractivity contribution in [1.29, 1.82) is 0 Å². The van der Waals surface area contributed by atoms with E-state index in [1.54, 1.807) is 36.4 Å². The average molecular weight is 279 g/mol. The van der Waals surface area contributed by atoms with Crippen LogP contribution in [-0.2, 0) is 6.61 Å². The minimum atomic E-state index is -0.482. The summed E-state index contributed by atoms with van der Waals surface area (Å²) in [7, 11) is 0. The third-order valence-corrected chi connectivity index (χ3v) is 2.73. The third-order valence-electron chi connectivity index (χ3n) is 2.50. The molecule has 0 saturated heterocycles. The fourth-order valence-electron chi connectivity index (χ4n) is 1.59. The molecule has 98 valence electrons. The highest BCUT2D eigenvalue weighted by atomic mass is 35.5. The lowest BCUT2D eigenvalue weighted by Crippen LogP contribution is -2.01. The average Bonchev–Trinajstić information content (AvgIpc) is 2.37. The van der Waals surface area contributed by atoms with Gasteiger partial charge in [0.05, 0.1) is 10.5 Å². The Morgan fingerprint density at radius 2 is 2.05 bits per heavy atom. The van der Waals surface area contributed by atoms with Gasteiger partial charge in [0.25, 0.3) is 5.69 Å². The molecule has 0 heterocycles. The summed E-state index contributed by atoms with van der Waals surface area (Å²) >= 11 is 5.74. The van der Waals surface area contributed by atoms with Gasteiger partial charge in [-0.15, -0.1) is 0 Å². The number of anilines is 1. The largest absolute Gasteiger partial charge is 0.489 e. The van der Waals surface area contributed by atoms with Crippen LogP contribution < -0.4 is 10.5 Å². The van der Waals surface area contributed by atoms with Gasteiger partial charge in [0, 0.05) is 22.8 Å². The standard InChI is InChI=1S/C13H11ClN2O3/c14-10-5-4-9(13(6-10)16(17)18)8-19-12-3-1-2-11(15)7-12/h1-7H,8,15H2. The van der Waals surface area contributed by atoms with E-state index in [1.807, 2.05) is 0 Å². The molecule has 6 heteroatoms. The molecule has 5 nitrogen and oxygen atoms in total. The Bertz CT molecular complexity index is 617. The van der Waals surface area contributed by atoms with Gasteiger partial charge in [-0.2, -0.15) is 0 Å². The first-order valence-corrected chi connectivity index (χ1v) is 5.85. The molecule has 0 unspecified atom stereocenters. The zero-order chi connectivity index (χ0) is 13.8. The second-order valence-corrected chi connectivity index (χ2v) is 4.33. The van der Waals surface area contributed by atoms with Crippen LogP contribution in [0.15, 0.2) is 42.5 Å². The molecule has 0 bridgehead atoms. The number of rotatable bonds is 4. The Morgan fingerprint density at radius 1 is 1.26 bits per heavy atom. The van der Waals surface area contributed by atoms with E-state index in [2.05, 4.69) is 0 Å². The summed E-state index contributed by atoms with van der Waals surface area (Å²) in [5.41, 5.74) is 6.59. The van der Waals surface area contributed by atoms with Gasteiger partial charge in [-0.05, 0) is 24.3 Å². The number of nitro groups is 1. The summed E-state index contributed by atoms with van der Waals surface area (Å²) in [5.74, 6) is 0.559. The van der Waals surface area contributed by atoms with Crippen LogP contribution in [0.25, 0.3) is 0 Å². The first kappa shape index (κ1) is 13.2. The van der Waals surface area contributed by atoms with Crippen molar-refractivity contribution in [2.75, 3.05) is 5.73 Å². The zero-order valence-corrected chi connectivity index (χ0v) is 10.6. The molecule has 0 saturated carbocycles. The van der Waals surface area contributed by atoms with Gasteiger partial charge >= 0.3 is 0 Å². The maximum absolute atomic E-state index is 10.9. The molecular weight excluding hydrogens is 268 g/mol. The lowest BCUT2D eigenvalue weighted by atomic mass is 10.2. The number of nitro benzene ring substituents is 1. The highest BCUT2D eigenvalue weighted by Crippen LogP contribution is 2.25. The molecule has 0 spiro atoms. The molecule has 0 aromatic heterocycles. The normalized spacial score (nSPS) is 10.2. The van der Waals surface area contributed by atoms with E-state index in [0.29, 0.717) is 22.0 Å². The molecule has 0 aliphatic heterocycles. The number of hydrogen-bond donors (Lipinski definition) is 1. The van der Waals surface area contributed by atoms with Crippen molar-refractivity contribution < 1.29 is 9.66 Å². The van der Waals surface area contributed by atoms with Gasteiger partial charge in [0.15, 0.2) is 0 Å². The van der Waals surface area contributed by atoms with Crippen molar-refractivity contribution in [3.8, 4) is 5.75 Å². The van der Waals surface area contributed by atoms with Crippen LogP contribution in [-0.4, -0.2) is 4.92 Å². The molecule has 0 aliphatic rings. The Kier molecular flexibility index (Phi) is 3.87. The first-order chi connectivity index (χ1) is 9.06. The van der Waals surface area contributed by atoms with Gasteiger partial charge in [-0.1, -0.05) is 17.7 Å². The maximum atomic E-state index is 10.9. The summed E-state index contributed by atoms with van der Waals surface area (Å²) in [6, 6.07) is 11.3. The first-order valence-electron chi connectivity index (χ1n) is 5.47. The van der Waals surface area contributed by atoms with Crippen molar-refractivity contribution in [2.24, 2.45) is 0 Å². The van der Waals surface area contributed by atoms with Crippen molar-refractivity contribution in [3.05, 3.63) is 63.2 Å². The highest BCUT2D eigenvalue weighted by Gasteiger charge is 2.14. The quantitative estimate of drug-likeness (QED) is 0.528. The number of benzene rings is 2. The van der Waals surface area contributed by atoms with Crippen LogP contribution in [0.5, 0.6) is 5.75 Å². The van der Waals surface area contributed by atoms with Crippen LogP contribution in [0.2, 0.25) is 5.02 Å². The van der Waals surface area contributed by atoms with E-state index in [9.17, 15) is 10.1 Å². The molecule has 0 amide bonds. The Morgan fingerprint density at radius 3 is 2.74 bits per heavy atom. The molecule has 2 N–H and O–H groups in total. The summed E-state index contributed by atoms with van der Waals surface area (Å²) in [6.45, 7) is 0.0803. The van der Waals surface area contributed by atoms with Gasteiger partial charge in [-0.3, -0.25) is 10.1 Å². The second-order valence-electron chi connectivity index (χ2n) is 3.89. The smallest absolute Gasteiger partial charge is 0.277 e. The van der Waals surface area contributed by atoms with E-state index in [4.69, 9.17) is 22.1 Å². The fraction of sp³-hybridized carbons (Fsp3) is 0.0769. The molecule has 19 heavy (non-hydrogen) atoms. The molecule has 0 aliphatic carbocycles. The minimum absolute atomic E-state index is 0.0589. The maximum Gasteiger partial charge on any atom is 0.277 e. The lowest BCUT2D eigenvalue weighted by Gasteiger charge is -2.07. The van der Waals surface area contributed by atoms with Crippen LogP contribution in [0, 0.1) is 10.1 Å². The van der Waals surface area contributed by atoms with Gasteiger partial charge in [-0.25, -0.2) is 0 Å². The number of ether oxygens (including phenoxy) is 1. The number of nitrogens with zero attached hydrogens (tertiary/aromatic N) is 1. The highest BCUT2D eigenvalue weighted by molar-refractivity contribution is 6.30. The van der Waals surface area contributed by atoms with E-state index in [-0.39, 0.29) is 12.3 Å². The van der Waals surface area contributed by atoms with Crippen LogP contribution >= 0.6 is 11.6 Å². The SMILES string of the molecule is Nc1cccc(OCc2ccc(Cl)cc2[N+](=O)[O-])c1. The van der Waals surface area contributed by atoms with Crippen molar-refractivity contribution in [2.45, 2.75) is 6.61 Å². The molecule has 2 rings (SSSR count). The molecule has 0 fully saturated rings. The van der Waals surface area contributed by atoms with Gasteiger partial charge < -0.3 is 10.5 Å².